The van der Waals surface area contributed by atoms with Crippen LogP contribution in [-0.2, 0) is 0 Å². The van der Waals surface area contributed by atoms with Gasteiger partial charge in [0, 0.05) is 4.47 Å². The van der Waals surface area contributed by atoms with Gasteiger partial charge in [-0.25, -0.2) is 0 Å². The summed E-state index contributed by atoms with van der Waals surface area (Å²) in [6.07, 6.45) is 2.85. The van der Waals surface area contributed by atoms with Gasteiger partial charge in [0.15, 0.2) is 0 Å². The van der Waals surface area contributed by atoms with Gasteiger partial charge >= 0.3 is 0 Å². The van der Waals surface area contributed by atoms with E-state index >= 15 is 0 Å². The fourth-order valence-electron chi connectivity index (χ4n) is 1.66. The zero-order valence-corrected chi connectivity index (χ0v) is 8.84. The Labute approximate surface area is 82.1 Å². The lowest BCUT2D eigenvalue weighted by Gasteiger charge is -2.09. The highest BCUT2D eigenvalue weighted by Crippen LogP contribution is 2.42. The quantitative estimate of drug-likeness (QED) is 0.714. The summed E-state index contributed by atoms with van der Waals surface area (Å²) in [7, 11) is 0. The van der Waals surface area contributed by atoms with Crippen LogP contribution < -0.4 is 0 Å². The fourth-order valence-corrected chi connectivity index (χ4v) is 2.08. The minimum absolute atomic E-state index is 0.752. The van der Waals surface area contributed by atoms with E-state index in [9.17, 15) is 0 Å². The van der Waals surface area contributed by atoms with Crippen molar-refractivity contribution in [3.05, 3.63) is 34.3 Å². The van der Waals surface area contributed by atoms with Crippen molar-refractivity contribution in [2.24, 2.45) is 5.92 Å². The zero-order chi connectivity index (χ0) is 8.55. The molecule has 64 valence electrons. The Hall–Kier alpha value is -0.300. The van der Waals surface area contributed by atoms with Crippen LogP contribution in [0.1, 0.15) is 31.2 Å². The predicted octanol–water partition coefficient (Wildman–Crippen LogP) is 3.96. The second-order valence-electron chi connectivity index (χ2n) is 3.68. The van der Waals surface area contributed by atoms with Crippen LogP contribution in [0.4, 0.5) is 0 Å². The molecule has 1 saturated carbocycles. The first-order chi connectivity index (χ1) is 5.77. The molecule has 0 heterocycles. The van der Waals surface area contributed by atoms with E-state index in [1.54, 1.807) is 0 Å². The number of rotatable bonds is 2. The van der Waals surface area contributed by atoms with Crippen molar-refractivity contribution in [1.29, 1.82) is 0 Å². The third-order valence-corrected chi connectivity index (χ3v) is 3.20. The van der Waals surface area contributed by atoms with E-state index < -0.39 is 0 Å². The largest absolute Gasteiger partial charge is 0.0609 e. The molecule has 1 atom stereocenters. The van der Waals surface area contributed by atoms with Gasteiger partial charge in [0.2, 0.25) is 0 Å². The van der Waals surface area contributed by atoms with Crippen molar-refractivity contribution >= 4 is 15.9 Å². The van der Waals surface area contributed by atoms with E-state index in [-0.39, 0.29) is 0 Å². The first kappa shape index (κ1) is 8.31. The molecule has 0 N–H and O–H groups in total. The topological polar surface area (TPSA) is 0 Å². The van der Waals surface area contributed by atoms with Crippen molar-refractivity contribution in [2.45, 2.75) is 25.7 Å². The molecule has 0 aromatic heterocycles. The van der Waals surface area contributed by atoms with Crippen molar-refractivity contribution in [2.75, 3.05) is 0 Å². The molecule has 0 bridgehead atoms. The van der Waals surface area contributed by atoms with Gasteiger partial charge in [-0.2, -0.15) is 0 Å². The maximum atomic E-state index is 3.50. The highest BCUT2D eigenvalue weighted by Gasteiger charge is 2.28. The standard InChI is InChI=1S/C11H13Br/c1-8(9-5-6-9)10-3-2-4-11(12)7-10/h2-4,7-9H,5-6H2,1H3/t8-/m1/s1. The van der Waals surface area contributed by atoms with Crippen LogP contribution in [0.5, 0.6) is 0 Å². The molecule has 2 rings (SSSR count). The maximum absolute atomic E-state index is 3.50. The second-order valence-corrected chi connectivity index (χ2v) is 4.60. The van der Waals surface area contributed by atoms with Gasteiger partial charge in [-0.1, -0.05) is 35.0 Å². The molecule has 12 heavy (non-hydrogen) atoms. The van der Waals surface area contributed by atoms with Gasteiger partial charge in [0.25, 0.3) is 0 Å². The molecule has 1 aliphatic rings. The first-order valence-corrected chi connectivity index (χ1v) is 5.32. The lowest BCUT2D eigenvalue weighted by Crippen LogP contribution is -1.94. The minimum atomic E-state index is 0.752. The van der Waals surface area contributed by atoms with Crippen LogP contribution in [0.3, 0.4) is 0 Å². The molecule has 1 aromatic carbocycles. The van der Waals surface area contributed by atoms with Gasteiger partial charge < -0.3 is 0 Å². The van der Waals surface area contributed by atoms with Crippen molar-refractivity contribution < 1.29 is 0 Å². The molecule has 1 heteroatoms. The van der Waals surface area contributed by atoms with E-state index in [1.165, 1.54) is 22.9 Å². The molecular formula is C11H13Br. The summed E-state index contributed by atoms with van der Waals surface area (Å²) in [4.78, 5) is 0. The van der Waals surface area contributed by atoms with Crippen molar-refractivity contribution in [3.63, 3.8) is 0 Å². The summed E-state index contributed by atoms with van der Waals surface area (Å²) < 4.78 is 1.20. The van der Waals surface area contributed by atoms with E-state index in [1.807, 2.05) is 0 Å². The summed E-state index contributed by atoms with van der Waals surface area (Å²) in [6.45, 7) is 2.33. The Morgan fingerprint density at radius 3 is 2.75 bits per heavy atom. The summed E-state index contributed by atoms with van der Waals surface area (Å²) >= 11 is 3.50. The van der Waals surface area contributed by atoms with E-state index in [0.717, 1.165) is 11.8 Å². The van der Waals surface area contributed by atoms with Gasteiger partial charge in [0.05, 0.1) is 0 Å². The Kier molecular flexibility index (Phi) is 2.22. The maximum Gasteiger partial charge on any atom is 0.0178 e. The molecule has 1 aromatic rings. The van der Waals surface area contributed by atoms with Gasteiger partial charge in [-0.05, 0) is 42.4 Å². The van der Waals surface area contributed by atoms with Crippen LogP contribution in [0.25, 0.3) is 0 Å². The lowest BCUT2D eigenvalue weighted by atomic mass is 9.97. The Bertz CT molecular complexity index is 276. The fraction of sp³-hybridized carbons (Fsp3) is 0.455. The van der Waals surface area contributed by atoms with Crippen LogP contribution in [0, 0.1) is 5.92 Å². The van der Waals surface area contributed by atoms with Crippen LogP contribution in [-0.4, -0.2) is 0 Å². The molecule has 1 fully saturated rings. The van der Waals surface area contributed by atoms with Gasteiger partial charge in [-0.3, -0.25) is 0 Å². The summed E-state index contributed by atoms with van der Waals surface area (Å²) in [5, 5.41) is 0. The second kappa shape index (κ2) is 3.21. The average Bonchev–Trinajstić information content (AvgIpc) is 2.85. The molecule has 1 aliphatic carbocycles. The Morgan fingerprint density at radius 2 is 2.17 bits per heavy atom. The summed E-state index contributed by atoms with van der Waals surface area (Å²) in [5.74, 6) is 1.71. The van der Waals surface area contributed by atoms with E-state index in [2.05, 4.69) is 47.1 Å². The van der Waals surface area contributed by atoms with Crippen molar-refractivity contribution in [1.82, 2.24) is 0 Å². The zero-order valence-electron chi connectivity index (χ0n) is 7.26. The SMILES string of the molecule is C[C@@H](c1cccc(Br)c1)C1CC1. The van der Waals surface area contributed by atoms with Crippen LogP contribution >= 0.6 is 15.9 Å². The van der Waals surface area contributed by atoms with Gasteiger partial charge in [0.1, 0.15) is 0 Å². The average molecular weight is 225 g/mol. The lowest BCUT2D eigenvalue weighted by molar-refractivity contribution is 0.664. The van der Waals surface area contributed by atoms with E-state index in [4.69, 9.17) is 0 Å². The summed E-state index contributed by atoms with van der Waals surface area (Å²) in [6, 6.07) is 8.68. The third-order valence-electron chi connectivity index (χ3n) is 2.70. The molecule has 0 aliphatic heterocycles. The minimum Gasteiger partial charge on any atom is -0.0609 e. The number of benzene rings is 1. The third kappa shape index (κ3) is 1.71. The smallest absolute Gasteiger partial charge is 0.0178 e. The number of hydrogen-bond donors (Lipinski definition) is 0. The first-order valence-electron chi connectivity index (χ1n) is 4.53. The summed E-state index contributed by atoms with van der Waals surface area (Å²) in [5.41, 5.74) is 1.48. The highest BCUT2D eigenvalue weighted by molar-refractivity contribution is 9.10. The molecule has 0 spiro atoms. The monoisotopic (exact) mass is 224 g/mol. The van der Waals surface area contributed by atoms with Crippen molar-refractivity contribution in [3.8, 4) is 0 Å². The Morgan fingerprint density at radius 1 is 1.42 bits per heavy atom. The molecule has 0 nitrogen and oxygen atoms in total. The van der Waals surface area contributed by atoms with Crippen LogP contribution in [0.2, 0.25) is 0 Å². The molecular weight excluding hydrogens is 212 g/mol. The van der Waals surface area contributed by atoms with Gasteiger partial charge in [-0.15, -0.1) is 0 Å². The Balaban J connectivity index is 2.20. The molecule has 0 saturated heterocycles. The van der Waals surface area contributed by atoms with Crippen LogP contribution in [0.15, 0.2) is 28.7 Å². The predicted molar refractivity (Wildman–Crippen MR) is 55.3 cm³/mol. The number of hydrogen-bond acceptors (Lipinski definition) is 0. The highest BCUT2D eigenvalue weighted by atomic mass is 79.9. The number of halogens is 1. The molecule has 0 amide bonds. The normalized spacial score (nSPS) is 19.2. The molecule has 0 radical (unpaired) electrons. The molecule has 0 unspecified atom stereocenters. The van der Waals surface area contributed by atoms with E-state index in [0.29, 0.717) is 0 Å².